The normalized spacial score (nSPS) is 16.2. The molecule has 31 heavy (non-hydrogen) atoms. The molecule has 6 heteroatoms. The van der Waals surface area contributed by atoms with Gasteiger partial charge in [0.25, 0.3) is 0 Å². The average molecular weight is 424 g/mol. The molecule has 1 saturated heterocycles. The van der Waals surface area contributed by atoms with Crippen molar-refractivity contribution >= 4 is 17.6 Å². The van der Waals surface area contributed by atoms with Gasteiger partial charge in [-0.1, -0.05) is 42.5 Å². The monoisotopic (exact) mass is 423 g/mol. The summed E-state index contributed by atoms with van der Waals surface area (Å²) in [5, 5.41) is 5.97. The summed E-state index contributed by atoms with van der Waals surface area (Å²) in [5.41, 5.74) is 3.19. The lowest BCUT2D eigenvalue weighted by Gasteiger charge is -2.32. The third-order valence-corrected chi connectivity index (χ3v) is 6.05. The molecule has 0 aromatic heterocycles. The number of carbonyl (C=O) groups excluding carboxylic acids is 2. The number of amides is 3. The van der Waals surface area contributed by atoms with Gasteiger partial charge in [-0.15, -0.1) is 0 Å². The number of hydrogen-bond acceptors (Lipinski definition) is 2. The van der Waals surface area contributed by atoms with Crippen LogP contribution in [0.2, 0.25) is 0 Å². The Morgan fingerprint density at radius 2 is 1.68 bits per heavy atom. The number of quaternary nitrogens is 1. The Balaban J connectivity index is 1.47. The summed E-state index contributed by atoms with van der Waals surface area (Å²) >= 11 is 0. The van der Waals surface area contributed by atoms with Crippen LogP contribution in [-0.2, 0) is 17.9 Å². The van der Waals surface area contributed by atoms with Crippen molar-refractivity contribution < 1.29 is 14.5 Å². The molecule has 1 heterocycles. The number of nitrogens with one attached hydrogen (secondary N) is 3. The predicted octanol–water partition coefficient (Wildman–Crippen LogP) is 2.67. The second-order valence-corrected chi connectivity index (χ2v) is 8.25. The zero-order valence-electron chi connectivity index (χ0n) is 18.7. The van der Waals surface area contributed by atoms with E-state index in [2.05, 4.69) is 48.7 Å². The molecule has 6 nitrogen and oxygen atoms in total. The van der Waals surface area contributed by atoms with Gasteiger partial charge in [0.15, 0.2) is 0 Å². The Kier molecular flexibility index (Phi) is 8.47. The Hall–Kier alpha value is -2.86. The van der Waals surface area contributed by atoms with Gasteiger partial charge >= 0.3 is 6.03 Å². The molecular weight excluding hydrogens is 388 g/mol. The van der Waals surface area contributed by atoms with Crippen LogP contribution in [0.1, 0.15) is 37.8 Å². The highest BCUT2D eigenvalue weighted by Gasteiger charge is 2.28. The SMILES string of the molecule is CC[NH+](CC)Cc1ccc(CNC(=O)[C@@H]2CCCN(C(=O)Nc3ccccc3)C2)cc1. The number of benzene rings is 2. The first-order chi connectivity index (χ1) is 15.1. The van der Waals surface area contributed by atoms with E-state index in [0.29, 0.717) is 19.6 Å². The van der Waals surface area contributed by atoms with Gasteiger partial charge in [-0.25, -0.2) is 4.79 Å². The van der Waals surface area contributed by atoms with Gasteiger partial charge in [0.05, 0.1) is 19.0 Å². The van der Waals surface area contributed by atoms with Gasteiger partial charge in [-0.3, -0.25) is 4.79 Å². The van der Waals surface area contributed by atoms with Gasteiger partial charge in [-0.05, 0) is 44.4 Å². The van der Waals surface area contributed by atoms with E-state index in [-0.39, 0.29) is 17.9 Å². The second kappa shape index (κ2) is 11.5. The van der Waals surface area contributed by atoms with Gasteiger partial charge in [-0.2, -0.15) is 0 Å². The van der Waals surface area contributed by atoms with Crippen molar-refractivity contribution in [3.8, 4) is 0 Å². The average Bonchev–Trinajstić information content (AvgIpc) is 2.82. The summed E-state index contributed by atoms with van der Waals surface area (Å²) in [6.07, 6.45) is 1.65. The molecule has 3 amide bonds. The van der Waals surface area contributed by atoms with Crippen LogP contribution in [0.4, 0.5) is 10.5 Å². The van der Waals surface area contributed by atoms with E-state index in [1.807, 2.05) is 30.3 Å². The van der Waals surface area contributed by atoms with Crippen LogP contribution < -0.4 is 15.5 Å². The zero-order chi connectivity index (χ0) is 22.1. The van der Waals surface area contributed by atoms with Crippen molar-refractivity contribution in [2.75, 3.05) is 31.5 Å². The fraction of sp³-hybridized carbons (Fsp3) is 0.440. The molecule has 3 N–H and O–H groups in total. The largest absolute Gasteiger partial charge is 0.352 e. The molecule has 0 aliphatic carbocycles. The molecule has 2 aromatic rings. The van der Waals surface area contributed by atoms with Gasteiger partial charge in [0, 0.05) is 30.9 Å². The second-order valence-electron chi connectivity index (χ2n) is 8.25. The minimum absolute atomic E-state index is 0.0221. The number of anilines is 1. The number of urea groups is 1. The number of piperidine rings is 1. The van der Waals surface area contributed by atoms with E-state index >= 15 is 0 Å². The molecule has 0 unspecified atom stereocenters. The lowest BCUT2D eigenvalue weighted by Crippen LogP contribution is -3.10. The quantitative estimate of drug-likeness (QED) is 0.611. The van der Waals surface area contributed by atoms with Crippen LogP contribution in [-0.4, -0.2) is 43.0 Å². The summed E-state index contributed by atoms with van der Waals surface area (Å²) in [6.45, 7) is 9.34. The highest BCUT2D eigenvalue weighted by atomic mass is 16.2. The maximum absolute atomic E-state index is 12.7. The number of likely N-dealkylation sites (tertiary alicyclic amines) is 1. The first-order valence-corrected chi connectivity index (χ1v) is 11.4. The van der Waals surface area contributed by atoms with Crippen molar-refractivity contribution in [3.05, 3.63) is 65.7 Å². The van der Waals surface area contributed by atoms with Gasteiger partial charge in [0.1, 0.15) is 6.54 Å². The third kappa shape index (κ3) is 6.82. The molecular formula is C25H35N4O2+. The Bertz CT molecular complexity index is 834. The number of nitrogens with zero attached hydrogens (tertiary/aromatic N) is 1. The van der Waals surface area contributed by atoms with Crippen molar-refractivity contribution in [3.63, 3.8) is 0 Å². The molecule has 3 rings (SSSR count). The van der Waals surface area contributed by atoms with E-state index in [9.17, 15) is 9.59 Å². The van der Waals surface area contributed by atoms with E-state index in [1.165, 1.54) is 5.56 Å². The van der Waals surface area contributed by atoms with Crippen molar-refractivity contribution in [1.82, 2.24) is 10.2 Å². The summed E-state index contributed by atoms with van der Waals surface area (Å²) in [7, 11) is 0. The van der Waals surface area contributed by atoms with E-state index in [4.69, 9.17) is 0 Å². The number of para-hydroxylation sites is 1. The number of carbonyl (C=O) groups is 2. The smallest absolute Gasteiger partial charge is 0.321 e. The first kappa shape index (κ1) is 22.8. The summed E-state index contributed by atoms with van der Waals surface area (Å²) in [5.74, 6) is -0.144. The Morgan fingerprint density at radius 1 is 1.00 bits per heavy atom. The maximum Gasteiger partial charge on any atom is 0.321 e. The predicted molar refractivity (Wildman–Crippen MR) is 124 cm³/mol. The van der Waals surface area contributed by atoms with E-state index in [1.54, 1.807) is 9.80 Å². The third-order valence-electron chi connectivity index (χ3n) is 6.05. The summed E-state index contributed by atoms with van der Waals surface area (Å²) < 4.78 is 0. The topological polar surface area (TPSA) is 65.9 Å². The molecule has 2 aromatic carbocycles. The lowest BCUT2D eigenvalue weighted by atomic mass is 9.97. The van der Waals surface area contributed by atoms with Crippen LogP contribution in [0.15, 0.2) is 54.6 Å². The summed E-state index contributed by atoms with van der Waals surface area (Å²) in [4.78, 5) is 28.6. The molecule has 166 valence electrons. The van der Waals surface area contributed by atoms with Crippen LogP contribution in [0.3, 0.4) is 0 Å². The Morgan fingerprint density at radius 3 is 2.35 bits per heavy atom. The van der Waals surface area contributed by atoms with Crippen LogP contribution in [0.25, 0.3) is 0 Å². The first-order valence-electron chi connectivity index (χ1n) is 11.4. The molecule has 0 radical (unpaired) electrons. The molecule has 0 spiro atoms. The van der Waals surface area contributed by atoms with Crippen molar-refractivity contribution in [2.45, 2.75) is 39.8 Å². The number of rotatable bonds is 8. The Labute approximate surface area is 185 Å². The minimum atomic E-state index is -0.166. The molecule has 0 bridgehead atoms. The summed E-state index contributed by atoms with van der Waals surface area (Å²) in [6, 6.07) is 17.8. The fourth-order valence-corrected chi connectivity index (χ4v) is 4.00. The fourth-order valence-electron chi connectivity index (χ4n) is 4.00. The maximum atomic E-state index is 12.7. The number of hydrogen-bond donors (Lipinski definition) is 3. The van der Waals surface area contributed by atoms with Gasteiger partial charge < -0.3 is 20.4 Å². The minimum Gasteiger partial charge on any atom is -0.352 e. The highest BCUT2D eigenvalue weighted by molar-refractivity contribution is 5.90. The lowest BCUT2D eigenvalue weighted by molar-refractivity contribution is -0.910. The van der Waals surface area contributed by atoms with Crippen LogP contribution >= 0.6 is 0 Å². The zero-order valence-corrected chi connectivity index (χ0v) is 18.7. The molecule has 1 aliphatic rings. The molecule has 1 fully saturated rings. The van der Waals surface area contributed by atoms with Crippen LogP contribution in [0, 0.1) is 5.92 Å². The molecule has 1 atom stereocenters. The highest BCUT2D eigenvalue weighted by Crippen LogP contribution is 2.18. The van der Waals surface area contributed by atoms with E-state index < -0.39 is 0 Å². The molecule has 0 saturated carbocycles. The van der Waals surface area contributed by atoms with Gasteiger partial charge in [0.2, 0.25) is 5.91 Å². The van der Waals surface area contributed by atoms with Crippen molar-refractivity contribution in [1.29, 1.82) is 0 Å². The van der Waals surface area contributed by atoms with E-state index in [0.717, 1.165) is 43.7 Å². The molecule has 1 aliphatic heterocycles. The van der Waals surface area contributed by atoms with Crippen molar-refractivity contribution in [2.24, 2.45) is 5.92 Å². The van der Waals surface area contributed by atoms with Crippen LogP contribution in [0.5, 0.6) is 0 Å². The standard InChI is InChI=1S/C25H34N4O2/c1-3-28(4-2)18-21-14-12-20(13-15-21)17-26-24(30)22-9-8-16-29(19-22)25(31)27-23-10-6-5-7-11-23/h5-7,10-15,22H,3-4,8-9,16-19H2,1-2H3,(H,26,30)(H,27,31)/p+1/t22-/m1/s1.